The number of anilines is 1. The first kappa shape index (κ1) is 14.5. The lowest BCUT2D eigenvalue weighted by Gasteiger charge is -2.24. The van der Waals surface area contributed by atoms with Crippen LogP contribution in [0.2, 0.25) is 0 Å². The highest BCUT2D eigenvalue weighted by Gasteiger charge is 2.41. The summed E-state index contributed by atoms with van der Waals surface area (Å²) in [6.45, 7) is 3.90. The molecule has 1 N–H and O–H groups in total. The Bertz CT molecular complexity index is 514. The molecule has 108 valence electrons. The van der Waals surface area contributed by atoms with Gasteiger partial charge in [-0.2, -0.15) is 0 Å². The molecule has 1 aliphatic rings. The van der Waals surface area contributed by atoms with Gasteiger partial charge in [0.2, 0.25) is 5.91 Å². The molecule has 1 aromatic rings. The summed E-state index contributed by atoms with van der Waals surface area (Å²) in [5, 5.41) is 2.84. The van der Waals surface area contributed by atoms with E-state index in [1.807, 2.05) is 13.8 Å². The lowest BCUT2D eigenvalue weighted by atomic mass is 10.1. The lowest BCUT2D eigenvalue weighted by Crippen LogP contribution is -2.41. The van der Waals surface area contributed by atoms with Gasteiger partial charge in [0.1, 0.15) is 11.9 Å². The number of hydrogen-bond acceptors (Lipinski definition) is 3. The molecule has 1 atom stereocenters. The lowest BCUT2D eigenvalue weighted by molar-refractivity contribution is -0.141. The Morgan fingerprint density at radius 2 is 1.95 bits per heavy atom. The summed E-state index contributed by atoms with van der Waals surface area (Å²) < 4.78 is 13.6. The van der Waals surface area contributed by atoms with Gasteiger partial charge in [-0.15, -0.1) is 0 Å². The van der Waals surface area contributed by atoms with Crippen molar-refractivity contribution in [3.8, 4) is 0 Å². The smallest absolute Gasteiger partial charge is 0.252 e. The Kier molecular flexibility index (Phi) is 4.37. The summed E-state index contributed by atoms with van der Waals surface area (Å²) in [6, 6.07) is 5.42. The molecule has 1 fully saturated rings. The second kappa shape index (κ2) is 6.03. The third-order valence-corrected chi connectivity index (χ3v) is 3.69. The minimum absolute atomic E-state index is 0.0672. The number of carbonyl (C=O) groups excluding carboxylic acids is 2. The number of rotatable bonds is 5. The zero-order valence-electron chi connectivity index (χ0n) is 11.7. The van der Waals surface area contributed by atoms with E-state index < -0.39 is 11.9 Å². The molecular weight excluding hydrogens is 259 g/mol. The number of benzene rings is 1. The fraction of sp³-hybridized carbons (Fsp3) is 0.467. The number of amides is 2. The summed E-state index contributed by atoms with van der Waals surface area (Å²) in [6.07, 6.45) is 1.56. The molecule has 0 aliphatic carbocycles. The van der Waals surface area contributed by atoms with Gasteiger partial charge in [0.25, 0.3) is 5.91 Å². The van der Waals surface area contributed by atoms with Crippen LogP contribution in [0.5, 0.6) is 0 Å². The van der Waals surface area contributed by atoms with Gasteiger partial charge in [0, 0.05) is 6.04 Å². The van der Waals surface area contributed by atoms with Crippen LogP contribution >= 0.6 is 0 Å². The Balaban J connectivity index is 2.14. The number of nitrogens with zero attached hydrogens (tertiary/aromatic N) is 1. The number of likely N-dealkylation sites (tertiary alicyclic amines) is 1. The number of carbonyl (C=O) groups is 2. The molecule has 0 saturated carbocycles. The maximum absolute atomic E-state index is 13.6. The molecule has 0 radical (unpaired) electrons. The maximum atomic E-state index is 13.6. The van der Waals surface area contributed by atoms with Crippen molar-refractivity contribution in [3.05, 3.63) is 30.1 Å². The second-order valence-corrected chi connectivity index (χ2v) is 4.95. The molecule has 0 bridgehead atoms. The molecule has 4 nitrogen and oxygen atoms in total. The van der Waals surface area contributed by atoms with Gasteiger partial charge in [0.15, 0.2) is 0 Å². The van der Waals surface area contributed by atoms with Crippen molar-refractivity contribution in [2.24, 2.45) is 0 Å². The number of para-hydroxylation sites is 1. The second-order valence-electron chi connectivity index (χ2n) is 4.95. The highest BCUT2D eigenvalue weighted by atomic mass is 19.1. The third kappa shape index (κ3) is 2.66. The first-order valence-corrected chi connectivity index (χ1v) is 6.95. The average Bonchev–Trinajstić information content (AvgIpc) is 2.71. The molecule has 1 aromatic carbocycles. The van der Waals surface area contributed by atoms with Gasteiger partial charge in [0.05, 0.1) is 12.1 Å². The van der Waals surface area contributed by atoms with Crippen LogP contribution in [0.15, 0.2) is 24.3 Å². The summed E-state index contributed by atoms with van der Waals surface area (Å²) >= 11 is 0. The molecule has 0 aromatic heterocycles. The van der Waals surface area contributed by atoms with Crippen LogP contribution in [-0.4, -0.2) is 28.8 Å². The molecule has 2 amide bonds. The quantitative estimate of drug-likeness (QED) is 0.842. The van der Waals surface area contributed by atoms with Crippen LogP contribution in [0.4, 0.5) is 10.1 Å². The first-order chi connectivity index (χ1) is 9.58. The van der Waals surface area contributed by atoms with E-state index in [0.29, 0.717) is 0 Å². The topological polar surface area (TPSA) is 49.4 Å². The van der Waals surface area contributed by atoms with E-state index in [9.17, 15) is 14.0 Å². The van der Waals surface area contributed by atoms with E-state index in [2.05, 4.69) is 5.32 Å². The summed E-state index contributed by atoms with van der Waals surface area (Å²) in [7, 11) is 0. The predicted octanol–water partition coefficient (Wildman–Crippen LogP) is 2.55. The Morgan fingerprint density at radius 1 is 1.30 bits per heavy atom. The molecule has 20 heavy (non-hydrogen) atoms. The Labute approximate surface area is 118 Å². The molecule has 5 heteroatoms. The number of nitrogens with one attached hydrogen (secondary N) is 1. The van der Waals surface area contributed by atoms with Crippen LogP contribution in [0.3, 0.4) is 0 Å². The van der Waals surface area contributed by atoms with Gasteiger partial charge >= 0.3 is 0 Å². The zero-order valence-corrected chi connectivity index (χ0v) is 11.7. The standard InChI is InChI=1S/C15H19FN2O2/c1-3-10(4-2)18-14(19)9-13(15(18)20)17-12-8-6-5-7-11(12)16/h5-8,10,13,17H,3-4,9H2,1-2H3. The van der Waals surface area contributed by atoms with Crippen LogP contribution in [0, 0.1) is 5.82 Å². The van der Waals surface area contributed by atoms with Gasteiger partial charge in [-0.05, 0) is 25.0 Å². The molecular formula is C15H19FN2O2. The monoisotopic (exact) mass is 278 g/mol. The largest absolute Gasteiger partial charge is 0.371 e. The Morgan fingerprint density at radius 3 is 2.55 bits per heavy atom. The average molecular weight is 278 g/mol. The van der Waals surface area contributed by atoms with Crippen molar-refractivity contribution < 1.29 is 14.0 Å². The van der Waals surface area contributed by atoms with Gasteiger partial charge in [-0.25, -0.2) is 4.39 Å². The number of halogens is 1. The summed E-state index contributed by atoms with van der Waals surface area (Å²) in [5.74, 6) is -0.863. The van der Waals surface area contributed by atoms with Crippen LogP contribution < -0.4 is 5.32 Å². The summed E-state index contributed by atoms with van der Waals surface area (Å²) in [4.78, 5) is 25.6. The van der Waals surface area contributed by atoms with Gasteiger partial charge < -0.3 is 5.32 Å². The van der Waals surface area contributed by atoms with E-state index in [0.717, 1.165) is 12.8 Å². The van der Waals surface area contributed by atoms with Crippen LogP contribution in [-0.2, 0) is 9.59 Å². The van der Waals surface area contributed by atoms with Gasteiger partial charge in [-0.1, -0.05) is 26.0 Å². The van der Waals surface area contributed by atoms with Crippen molar-refractivity contribution in [3.63, 3.8) is 0 Å². The zero-order chi connectivity index (χ0) is 14.7. The van der Waals surface area contributed by atoms with Crippen molar-refractivity contribution in [1.29, 1.82) is 0 Å². The van der Waals surface area contributed by atoms with Crippen molar-refractivity contribution in [1.82, 2.24) is 4.90 Å². The van der Waals surface area contributed by atoms with Crippen molar-refractivity contribution in [2.75, 3.05) is 5.32 Å². The highest BCUT2D eigenvalue weighted by molar-refractivity contribution is 6.07. The predicted molar refractivity (Wildman–Crippen MR) is 74.7 cm³/mol. The fourth-order valence-electron chi connectivity index (χ4n) is 2.57. The van der Waals surface area contributed by atoms with Crippen LogP contribution in [0.25, 0.3) is 0 Å². The van der Waals surface area contributed by atoms with Crippen molar-refractivity contribution in [2.45, 2.75) is 45.2 Å². The SMILES string of the molecule is CCC(CC)N1C(=O)CC(Nc2ccccc2F)C1=O. The molecule has 1 aliphatic heterocycles. The Hall–Kier alpha value is -1.91. The number of hydrogen-bond donors (Lipinski definition) is 1. The van der Waals surface area contributed by atoms with E-state index >= 15 is 0 Å². The van der Waals surface area contributed by atoms with E-state index in [4.69, 9.17) is 0 Å². The van der Waals surface area contributed by atoms with E-state index in [1.54, 1.807) is 18.2 Å². The minimum Gasteiger partial charge on any atom is -0.371 e. The number of imide groups is 1. The van der Waals surface area contributed by atoms with Gasteiger partial charge in [-0.3, -0.25) is 14.5 Å². The summed E-state index contributed by atoms with van der Waals surface area (Å²) in [5.41, 5.74) is 0.255. The molecule has 1 heterocycles. The molecule has 2 rings (SSSR count). The van der Waals surface area contributed by atoms with Crippen LogP contribution in [0.1, 0.15) is 33.1 Å². The molecule has 0 spiro atoms. The highest BCUT2D eigenvalue weighted by Crippen LogP contribution is 2.24. The minimum atomic E-state index is -0.667. The third-order valence-electron chi connectivity index (χ3n) is 3.69. The van der Waals surface area contributed by atoms with E-state index in [-0.39, 0.29) is 30.0 Å². The molecule has 1 unspecified atom stereocenters. The van der Waals surface area contributed by atoms with E-state index in [1.165, 1.54) is 11.0 Å². The molecule has 1 saturated heterocycles. The normalized spacial score (nSPS) is 19.0. The maximum Gasteiger partial charge on any atom is 0.252 e. The fourth-order valence-corrected chi connectivity index (χ4v) is 2.57. The first-order valence-electron chi connectivity index (χ1n) is 6.95. The van der Waals surface area contributed by atoms with Crippen molar-refractivity contribution >= 4 is 17.5 Å².